The highest BCUT2D eigenvalue weighted by atomic mass is 16.5. The van der Waals surface area contributed by atoms with Gasteiger partial charge in [0.2, 0.25) is 0 Å². The number of fused-ring (bicyclic) bond motifs is 3. The fraction of sp³-hybridized carbons (Fsp3) is 0.364. The number of benzene rings is 1. The number of carbonyl (C=O) groups excluding carboxylic acids is 1. The van der Waals surface area contributed by atoms with Crippen LogP contribution in [0.1, 0.15) is 55.2 Å². The SMILES string of the molecule is CCCC(C)(C)c1ccc(C(=O)Nc2cn3c4c(ccc3n2)OCC4)cc1. The molecule has 0 spiro atoms. The van der Waals surface area contributed by atoms with Crippen molar-refractivity contribution in [1.82, 2.24) is 9.38 Å². The van der Waals surface area contributed by atoms with Crippen molar-refractivity contribution in [1.29, 1.82) is 0 Å². The molecule has 0 saturated heterocycles. The number of carbonyl (C=O) groups is 1. The average molecular weight is 363 g/mol. The number of nitrogens with one attached hydrogen (secondary N) is 1. The van der Waals surface area contributed by atoms with Crippen molar-refractivity contribution in [3.8, 4) is 5.75 Å². The van der Waals surface area contributed by atoms with E-state index in [1.54, 1.807) is 0 Å². The number of ether oxygens (including phenoxy) is 1. The average Bonchev–Trinajstić information content (AvgIpc) is 3.27. The number of hydrogen-bond acceptors (Lipinski definition) is 3. The molecule has 140 valence electrons. The minimum Gasteiger partial charge on any atom is -0.491 e. The quantitative estimate of drug-likeness (QED) is 0.721. The number of rotatable bonds is 5. The van der Waals surface area contributed by atoms with Crippen LogP contribution in [0.3, 0.4) is 0 Å². The highest BCUT2D eigenvalue weighted by Crippen LogP contribution is 2.29. The molecule has 5 nitrogen and oxygen atoms in total. The third kappa shape index (κ3) is 3.29. The summed E-state index contributed by atoms with van der Waals surface area (Å²) >= 11 is 0. The van der Waals surface area contributed by atoms with Gasteiger partial charge in [0.25, 0.3) is 5.91 Å². The van der Waals surface area contributed by atoms with E-state index in [0.29, 0.717) is 18.0 Å². The van der Waals surface area contributed by atoms with Gasteiger partial charge in [-0.25, -0.2) is 4.98 Å². The van der Waals surface area contributed by atoms with E-state index in [2.05, 4.69) is 43.2 Å². The van der Waals surface area contributed by atoms with Crippen LogP contribution in [0.2, 0.25) is 0 Å². The van der Waals surface area contributed by atoms with Gasteiger partial charge in [-0.05, 0) is 41.7 Å². The molecule has 0 bridgehead atoms. The summed E-state index contributed by atoms with van der Waals surface area (Å²) in [4.78, 5) is 17.1. The number of amides is 1. The zero-order valence-corrected chi connectivity index (χ0v) is 16.1. The maximum atomic E-state index is 12.6. The third-order valence-electron chi connectivity index (χ3n) is 5.33. The molecule has 1 aliphatic heterocycles. The van der Waals surface area contributed by atoms with E-state index in [-0.39, 0.29) is 11.3 Å². The normalized spacial score (nSPS) is 13.4. The lowest BCUT2D eigenvalue weighted by Crippen LogP contribution is -2.17. The van der Waals surface area contributed by atoms with Crippen LogP contribution in [0.4, 0.5) is 5.82 Å². The molecule has 1 aromatic carbocycles. The first-order chi connectivity index (χ1) is 13.0. The van der Waals surface area contributed by atoms with Gasteiger partial charge in [-0.1, -0.05) is 39.3 Å². The van der Waals surface area contributed by atoms with Gasteiger partial charge in [0.05, 0.1) is 18.5 Å². The summed E-state index contributed by atoms with van der Waals surface area (Å²) in [5, 5.41) is 2.91. The number of nitrogens with zero attached hydrogens (tertiary/aromatic N) is 2. The number of imidazole rings is 1. The van der Waals surface area contributed by atoms with Gasteiger partial charge in [-0.15, -0.1) is 0 Å². The van der Waals surface area contributed by atoms with Crippen LogP contribution in [-0.2, 0) is 11.8 Å². The summed E-state index contributed by atoms with van der Waals surface area (Å²) in [6, 6.07) is 11.7. The molecule has 3 aromatic rings. The van der Waals surface area contributed by atoms with Crippen LogP contribution < -0.4 is 10.1 Å². The monoisotopic (exact) mass is 363 g/mol. The molecular formula is C22H25N3O2. The predicted octanol–water partition coefficient (Wildman–Crippen LogP) is 4.60. The van der Waals surface area contributed by atoms with Crippen LogP contribution in [0.15, 0.2) is 42.6 Å². The summed E-state index contributed by atoms with van der Waals surface area (Å²) < 4.78 is 7.58. The molecule has 0 saturated carbocycles. The largest absolute Gasteiger partial charge is 0.491 e. The van der Waals surface area contributed by atoms with E-state index < -0.39 is 0 Å². The standard InChI is InChI=1S/C22H25N3O2/c1-4-12-22(2,3)16-7-5-15(6-8-16)21(26)24-19-14-25-17-11-13-27-18(17)9-10-20(25)23-19/h5-10,14H,4,11-13H2,1-3H3,(H,24,26). The molecule has 1 N–H and O–H groups in total. The number of pyridine rings is 1. The zero-order valence-electron chi connectivity index (χ0n) is 16.1. The first kappa shape index (κ1) is 17.6. The summed E-state index contributed by atoms with van der Waals surface area (Å²) in [7, 11) is 0. The van der Waals surface area contributed by atoms with Gasteiger partial charge in [-0.2, -0.15) is 0 Å². The summed E-state index contributed by atoms with van der Waals surface area (Å²) in [6.45, 7) is 7.36. The number of aromatic nitrogens is 2. The Morgan fingerprint density at radius 3 is 2.74 bits per heavy atom. The van der Waals surface area contributed by atoms with Gasteiger partial charge >= 0.3 is 0 Å². The molecule has 0 unspecified atom stereocenters. The van der Waals surface area contributed by atoms with E-state index in [0.717, 1.165) is 36.4 Å². The maximum absolute atomic E-state index is 12.6. The maximum Gasteiger partial charge on any atom is 0.256 e. The Balaban J connectivity index is 1.53. The van der Waals surface area contributed by atoms with Crippen LogP contribution in [0.5, 0.6) is 5.75 Å². The van der Waals surface area contributed by atoms with E-state index in [1.807, 2.05) is 34.9 Å². The van der Waals surface area contributed by atoms with Crippen molar-refractivity contribution in [2.45, 2.75) is 45.4 Å². The molecule has 1 aliphatic rings. The zero-order chi connectivity index (χ0) is 19.0. The minimum atomic E-state index is -0.147. The second-order valence-corrected chi connectivity index (χ2v) is 7.76. The van der Waals surface area contributed by atoms with Crippen molar-refractivity contribution in [2.75, 3.05) is 11.9 Å². The molecule has 1 amide bonds. The summed E-state index contributed by atoms with van der Waals surface area (Å²) in [6.07, 6.45) is 4.97. The van der Waals surface area contributed by atoms with Gasteiger partial charge in [0.15, 0.2) is 5.82 Å². The van der Waals surface area contributed by atoms with Gasteiger partial charge in [-0.3, -0.25) is 9.20 Å². The van der Waals surface area contributed by atoms with Crippen LogP contribution in [-0.4, -0.2) is 21.9 Å². The lowest BCUT2D eigenvalue weighted by molar-refractivity contribution is 0.102. The van der Waals surface area contributed by atoms with Crippen molar-refractivity contribution >= 4 is 17.4 Å². The lowest BCUT2D eigenvalue weighted by atomic mass is 9.80. The second kappa shape index (κ2) is 6.72. The van der Waals surface area contributed by atoms with Crippen LogP contribution in [0, 0.1) is 0 Å². The van der Waals surface area contributed by atoms with E-state index >= 15 is 0 Å². The molecule has 2 aromatic heterocycles. The first-order valence-corrected chi connectivity index (χ1v) is 9.53. The Hall–Kier alpha value is -2.82. The molecule has 0 fully saturated rings. The Kier molecular flexibility index (Phi) is 4.38. The van der Waals surface area contributed by atoms with Crippen LogP contribution in [0.25, 0.3) is 5.65 Å². The van der Waals surface area contributed by atoms with E-state index in [9.17, 15) is 4.79 Å². The topological polar surface area (TPSA) is 55.6 Å². The molecule has 5 heteroatoms. The Bertz CT molecular complexity index is 987. The minimum absolute atomic E-state index is 0.119. The van der Waals surface area contributed by atoms with E-state index in [1.165, 1.54) is 5.56 Å². The number of hydrogen-bond donors (Lipinski definition) is 1. The van der Waals surface area contributed by atoms with Gasteiger partial charge in [0.1, 0.15) is 11.4 Å². The smallest absolute Gasteiger partial charge is 0.256 e. The first-order valence-electron chi connectivity index (χ1n) is 9.53. The molecule has 0 radical (unpaired) electrons. The van der Waals surface area contributed by atoms with Crippen molar-refractivity contribution < 1.29 is 9.53 Å². The second-order valence-electron chi connectivity index (χ2n) is 7.76. The highest BCUT2D eigenvalue weighted by Gasteiger charge is 2.20. The van der Waals surface area contributed by atoms with Crippen LogP contribution >= 0.6 is 0 Å². The van der Waals surface area contributed by atoms with Gasteiger partial charge in [0, 0.05) is 12.0 Å². The predicted molar refractivity (Wildman–Crippen MR) is 107 cm³/mol. The molecular weight excluding hydrogens is 338 g/mol. The highest BCUT2D eigenvalue weighted by molar-refractivity contribution is 6.03. The Morgan fingerprint density at radius 1 is 1.22 bits per heavy atom. The van der Waals surface area contributed by atoms with Gasteiger partial charge < -0.3 is 10.1 Å². The van der Waals surface area contributed by atoms with Crippen molar-refractivity contribution in [3.05, 3.63) is 59.4 Å². The fourth-order valence-electron chi connectivity index (χ4n) is 3.82. The Labute approximate surface area is 159 Å². The van der Waals surface area contributed by atoms with E-state index in [4.69, 9.17) is 4.74 Å². The molecule has 0 aliphatic carbocycles. The summed E-state index contributed by atoms with van der Waals surface area (Å²) in [5.74, 6) is 1.30. The molecule has 4 rings (SSSR count). The third-order valence-corrected chi connectivity index (χ3v) is 5.33. The summed E-state index contributed by atoms with van der Waals surface area (Å²) in [5.41, 5.74) is 3.92. The van der Waals surface area contributed by atoms with Crippen molar-refractivity contribution in [2.24, 2.45) is 0 Å². The molecule has 3 heterocycles. The Morgan fingerprint density at radius 2 is 2.00 bits per heavy atom. The molecule has 0 atom stereocenters. The molecule has 27 heavy (non-hydrogen) atoms. The fourth-order valence-corrected chi connectivity index (χ4v) is 3.82. The van der Waals surface area contributed by atoms with Crippen molar-refractivity contribution in [3.63, 3.8) is 0 Å². The lowest BCUT2D eigenvalue weighted by Gasteiger charge is -2.24. The number of anilines is 1.